The van der Waals surface area contributed by atoms with Gasteiger partial charge in [0.25, 0.3) is 0 Å². The monoisotopic (exact) mass is 183 g/mol. The number of hydrogen-bond donors (Lipinski definition) is 2. The molecule has 1 rings (SSSR count). The highest BCUT2D eigenvalue weighted by Gasteiger charge is 2.29. The fraction of sp³-hybridized carbons (Fsp3) is 0.500. The van der Waals surface area contributed by atoms with Crippen LogP contribution in [0.3, 0.4) is 0 Å². The molecule has 13 heavy (non-hydrogen) atoms. The van der Waals surface area contributed by atoms with Crippen molar-refractivity contribution in [3.05, 3.63) is 23.3 Å². The van der Waals surface area contributed by atoms with E-state index in [2.05, 4.69) is 0 Å². The summed E-state index contributed by atoms with van der Waals surface area (Å²) in [4.78, 5) is 1.84. The maximum atomic E-state index is 9.03. The third-order valence-electron chi connectivity index (χ3n) is 2.23. The lowest BCUT2D eigenvalue weighted by Gasteiger charge is -2.33. The van der Waals surface area contributed by atoms with Crippen LogP contribution in [0.1, 0.15) is 6.92 Å². The highest BCUT2D eigenvalue weighted by atomic mass is 16.5. The number of rotatable bonds is 2. The molecule has 1 aliphatic heterocycles. The lowest BCUT2D eigenvalue weighted by Crippen LogP contribution is -2.40. The number of methoxy groups -OCH3 is 1. The van der Waals surface area contributed by atoms with Gasteiger partial charge in [0.2, 0.25) is 0 Å². The number of nitrogens with zero attached hydrogens (tertiary/aromatic N) is 1. The van der Waals surface area contributed by atoms with Gasteiger partial charge in [0, 0.05) is 25.3 Å². The fourth-order valence-corrected chi connectivity index (χ4v) is 1.33. The van der Waals surface area contributed by atoms with Gasteiger partial charge >= 0.3 is 7.12 Å². The molecular weight excluding hydrogens is 169 g/mol. The number of likely N-dealkylation sites (N-methyl/N-ethyl adjacent to an activating group) is 1. The number of ether oxygens (including phenoxy) is 1. The minimum atomic E-state index is -1.46. The molecule has 0 bridgehead atoms. The van der Waals surface area contributed by atoms with Crippen LogP contribution in [-0.4, -0.2) is 42.5 Å². The predicted octanol–water partition coefficient (Wildman–Crippen LogP) is -0.253. The van der Waals surface area contributed by atoms with Crippen LogP contribution in [0, 0.1) is 0 Å². The predicted molar refractivity (Wildman–Crippen MR) is 50.6 cm³/mol. The molecule has 0 saturated heterocycles. The van der Waals surface area contributed by atoms with E-state index >= 15 is 0 Å². The molecule has 0 radical (unpaired) electrons. The smallest absolute Gasteiger partial charge is 0.423 e. The molecule has 0 fully saturated rings. The third-order valence-corrected chi connectivity index (χ3v) is 2.23. The van der Waals surface area contributed by atoms with Crippen molar-refractivity contribution in [2.75, 3.05) is 14.2 Å². The van der Waals surface area contributed by atoms with E-state index in [0.717, 1.165) is 5.70 Å². The molecule has 0 aromatic heterocycles. The van der Waals surface area contributed by atoms with Crippen molar-refractivity contribution in [1.82, 2.24) is 4.90 Å². The van der Waals surface area contributed by atoms with Crippen LogP contribution in [0.2, 0.25) is 0 Å². The molecule has 5 heteroatoms. The SMILES string of the molecule is COC1C(B(O)O)=CC=C(C)N1C. The van der Waals surface area contributed by atoms with E-state index in [9.17, 15) is 0 Å². The molecule has 0 amide bonds. The molecule has 2 N–H and O–H groups in total. The molecule has 0 aromatic carbocycles. The van der Waals surface area contributed by atoms with Crippen molar-refractivity contribution < 1.29 is 14.8 Å². The second kappa shape index (κ2) is 3.96. The van der Waals surface area contributed by atoms with Crippen LogP contribution in [0.25, 0.3) is 0 Å². The van der Waals surface area contributed by atoms with Gasteiger partial charge in [-0.25, -0.2) is 0 Å². The van der Waals surface area contributed by atoms with Gasteiger partial charge in [0.15, 0.2) is 0 Å². The highest BCUT2D eigenvalue weighted by Crippen LogP contribution is 2.20. The van der Waals surface area contributed by atoms with Crippen LogP contribution >= 0.6 is 0 Å². The Balaban J connectivity index is 2.93. The number of hydrogen-bond acceptors (Lipinski definition) is 4. The van der Waals surface area contributed by atoms with Crippen molar-refractivity contribution in [1.29, 1.82) is 0 Å². The van der Waals surface area contributed by atoms with Crippen LogP contribution in [0.15, 0.2) is 23.3 Å². The van der Waals surface area contributed by atoms with E-state index in [1.54, 1.807) is 6.08 Å². The zero-order chi connectivity index (χ0) is 10.0. The van der Waals surface area contributed by atoms with Crippen LogP contribution in [0.5, 0.6) is 0 Å². The average molecular weight is 183 g/mol. The molecule has 1 unspecified atom stereocenters. The Hall–Kier alpha value is -0.775. The standard InChI is InChI=1S/C8H14BNO3/c1-6-4-5-7(9(11)12)8(13-3)10(6)2/h4-5,8,11-12H,1-3H3. The Morgan fingerprint density at radius 2 is 2.08 bits per heavy atom. The summed E-state index contributed by atoms with van der Waals surface area (Å²) >= 11 is 0. The van der Waals surface area contributed by atoms with Gasteiger partial charge in [-0.3, -0.25) is 0 Å². The van der Waals surface area contributed by atoms with Crippen LogP contribution in [0.4, 0.5) is 0 Å². The van der Waals surface area contributed by atoms with Gasteiger partial charge in [-0.1, -0.05) is 6.08 Å². The Morgan fingerprint density at radius 1 is 1.46 bits per heavy atom. The summed E-state index contributed by atoms with van der Waals surface area (Å²) in [5.41, 5.74) is 1.48. The topological polar surface area (TPSA) is 52.9 Å². The molecule has 0 spiro atoms. The van der Waals surface area contributed by atoms with Crippen LogP contribution < -0.4 is 0 Å². The second-order valence-corrected chi connectivity index (χ2v) is 3.05. The molecule has 1 heterocycles. The van der Waals surface area contributed by atoms with E-state index in [0.29, 0.717) is 5.47 Å². The first-order valence-corrected chi connectivity index (χ1v) is 4.08. The van der Waals surface area contributed by atoms with Crippen molar-refractivity contribution in [3.8, 4) is 0 Å². The molecule has 0 saturated carbocycles. The van der Waals surface area contributed by atoms with Crippen molar-refractivity contribution >= 4 is 7.12 Å². The van der Waals surface area contributed by atoms with Crippen molar-refractivity contribution in [2.24, 2.45) is 0 Å². The molecule has 72 valence electrons. The average Bonchev–Trinajstić information content (AvgIpc) is 2.09. The quantitative estimate of drug-likeness (QED) is 0.579. The maximum absolute atomic E-state index is 9.03. The summed E-state index contributed by atoms with van der Waals surface area (Å²) < 4.78 is 5.14. The lowest BCUT2D eigenvalue weighted by molar-refractivity contribution is 0.0302. The van der Waals surface area contributed by atoms with Gasteiger partial charge in [-0.15, -0.1) is 0 Å². The Kier molecular flexibility index (Phi) is 3.14. The van der Waals surface area contributed by atoms with E-state index in [1.807, 2.05) is 24.9 Å². The van der Waals surface area contributed by atoms with E-state index in [1.165, 1.54) is 7.11 Å². The van der Waals surface area contributed by atoms with Gasteiger partial charge in [-0.05, 0) is 13.0 Å². The van der Waals surface area contributed by atoms with E-state index in [-0.39, 0.29) is 6.23 Å². The minimum absolute atomic E-state index is 0.384. The van der Waals surface area contributed by atoms with Gasteiger partial charge in [-0.2, -0.15) is 0 Å². The largest absolute Gasteiger partial charge is 0.488 e. The zero-order valence-corrected chi connectivity index (χ0v) is 8.06. The molecule has 4 nitrogen and oxygen atoms in total. The molecule has 1 atom stereocenters. The van der Waals surface area contributed by atoms with E-state index in [4.69, 9.17) is 14.8 Å². The summed E-state index contributed by atoms with van der Waals surface area (Å²) in [6.45, 7) is 1.93. The first-order valence-electron chi connectivity index (χ1n) is 4.08. The second-order valence-electron chi connectivity index (χ2n) is 3.05. The first kappa shape index (κ1) is 10.3. The summed E-state index contributed by atoms with van der Waals surface area (Å²) in [5, 5.41) is 18.1. The van der Waals surface area contributed by atoms with Gasteiger partial charge in [0.05, 0.1) is 0 Å². The Bertz CT molecular complexity index is 250. The van der Waals surface area contributed by atoms with E-state index < -0.39 is 7.12 Å². The minimum Gasteiger partial charge on any atom is -0.423 e. The maximum Gasteiger partial charge on any atom is 0.488 e. The fourth-order valence-electron chi connectivity index (χ4n) is 1.33. The zero-order valence-electron chi connectivity index (χ0n) is 8.06. The van der Waals surface area contributed by atoms with Crippen molar-refractivity contribution in [3.63, 3.8) is 0 Å². The van der Waals surface area contributed by atoms with Crippen molar-refractivity contribution in [2.45, 2.75) is 13.2 Å². The molecule has 0 aromatic rings. The highest BCUT2D eigenvalue weighted by molar-refractivity contribution is 6.51. The Morgan fingerprint density at radius 3 is 2.54 bits per heavy atom. The summed E-state index contributed by atoms with van der Waals surface area (Å²) in [7, 11) is 1.92. The molecular formula is C8H14BNO3. The summed E-state index contributed by atoms with van der Waals surface area (Å²) in [6, 6.07) is 0. The molecule has 1 aliphatic rings. The van der Waals surface area contributed by atoms with Gasteiger partial charge in [0.1, 0.15) is 6.23 Å². The third kappa shape index (κ3) is 1.93. The summed E-state index contributed by atoms with van der Waals surface area (Å²) in [5.74, 6) is 0. The molecule has 0 aliphatic carbocycles. The lowest BCUT2D eigenvalue weighted by atomic mass is 9.76. The number of allylic oxidation sites excluding steroid dienone is 3. The van der Waals surface area contributed by atoms with Gasteiger partial charge < -0.3 is 19.7 Å². The summed E-state index contributed by atoms with van der Waals surface area (Å²) in [6.07, 6.45) is 3.11. The normalized spacial score (nSPS) is 22.5. The van der Waals surface area contributed by atoms with Crippen LogP contribution in [-0.2, 0) is 4.74 Å². The Labute approximate surface area is 78.3 Å². The first-order chi connectivity index (χ1) is 6.07.